The van der Waals surface area contributed by atoms with Gasteiger partial charge in [0.15, 0.2) is 17.5 Å². The first-order valence-electron chi connectivity index (χ1n) is 17.2. The fraction of sp³-hybridized carbons (Fsp3) is 0. The van der Waals surface area contributed by atoms with E-state index in [9.17, 15) is 0 Å². The molecule has 0 unspecified atom stereocenters. The third-order valence-corrected chi connectivity index (χ3v) is 9.97. The van der Waals surface area contributed by atoms with Gasteiger partial charge in [0.1, 0.15) is 22.3 Å². The number of para-hydroxylation sites is 1. The van der Waals surface area contributed by atoms with Crippen LogP contribution in [0.5, 0.6) is 0 Å². The molecule has 0 amide bonds. The number of rotatable bonds is 4. The minimum atomic E-state index is 0.548. The molecule has 0 saturated heterocycles. The highest BCUT2D eigenvalue weighted by atomic mass is 16.3. The van der Waals surface area contributed by atoms with Crippen LogP contribution in [-0.4, -0.2) is 19.9 Å². The smallest absolute Gasteiger partial charge is 0.164 e. The van der Waals surface area contributed by atoms with Crippen molar-refractivity contribution < 1.29 is 8.83 Å². The number of pyridine rings is 1. The van der Waals surface area contributed by atoms with Crippen LogP contribution in [0.2, 0.25) is 0 Å². The van der Waals surface area contributed by atoms with Gasteiger partial charge in [-0.15, -0.1) is 0 Å². The molecule has 0 atom stereocenters. The van der Waals surface area contributed by atoms with Crippen LogP contribution in [0.3, 0.4) is 0 Å². The first-order valence-corrected chi connectivity index (χ1v) is 17.2. The molecule has 0 spiro atoms. The Morgan fingerprint density at radius 3 is 1.88 bits per heavy atom. The summed E-state index contributed by atoms with van der Waals surface area (Å²) in [5.41, 5.74) is 7.54. The minimum Gasteiger partial charge on any atom is -0.456 e. The minimum absolute atomic E-state index is 0.548. The molecule has 52 heavy (non-hydrogen) atoms. The molecule has 7 aromatic carbocycles. The van der Waals surface area contributed by atoms with Gasteiger partial charge in [-0.3, -0.25) is 4.98 Å². The van der Waals surface area contributed by atoms with Crippen LogP contribution in [0.15, 0.2) is 167 Å². The average molecular weight is 667 g/mol. The first kappa shape index (κ1) is 28.6. The summed E-state index contributed by atoms with van der Waals surface area (Å²) in [6.07, 6.45) is 1.82. The Bertz CT molecular complexity index is 3200. The molecular formula is C46H26N4O2. The molecule has 0 aliphatic rings. The highest BCUT2D eigenvalue weighted by Gasteiger charge is 2.23. The maximum atomic E-state index is 6.59. The molecule has 0 saturated carbocycles. The number of fused-ring (bicyclic) bond motifs is 9. The van der Waals surface area contributed by atoms with Gasteiger partial charge in [0, 0.05) is 50.0 Å². The zero-order valence-corrected chi connectivity index (χ0v) is 27.6. The number of hydrogen-bond acceptors (Lipinski definition) is 6. The fourth-order valence-electron chi connectivity index (χ4n) is 7.57. The molecular weight excluding hydrogens is 641 g/mol. The van der Waals surface area contributed by atoms with E-state index in [1.807, 2.05) is 85.1 Å². The quantitative estimate of drug-likeness (QED) is 0.186. The lowest BCUT2D eigenvalue weighted by atomic mass is 9.95. The maximum Gasteiger partial charge on any atom is 0.164 e. The summed E-state index contributed by atoms with van der Waals surface area (Å²) in [4.78, 5) is 20.7. The first-order chi connectivity index (χ1) is 25.8. The third-order valence-electron chi connectivity index (χ3n) is 9.97. The molecule has 0 aliphatic heterocycles. The molecule has 0 fully saturated rings. The topological polar surface area (TPSA) is 77.8 Å². The molecule has 0 radical (unpaired) electrons. The van der Waals surface area contributed by atoms with Crippen LogP contribution in [0, 0.1) is 0 Å². The highest BCUT2D eigenvalue weighted by Crippen LogP contribution is 2.43. The van der Waals surface area contributed by atoms with E-state index in [0.29, 0.717) is 17.5 Å². The van der Waals surface area contributed by atoms with E-state index in [1.165, 1.54) is 0 Å². The van der Waals surface area contributed by atoms with Gasteiger partial charge in [-0.25, -0.2) is 15.0 Å². The van der Waals surface area contributed by atoms with Crippen LogP contribution >= 0.6 is 0 Å². The normalized spacial score (nSPS) is 11.8. The number of aromatic nitrogens is 4. The summed E-state index contributed by atoms with van der Waals surface area (Å²) in [5.74, 6) is 1.69. The Balaban J connectivity index is 1.23. The van der Waals surface area contributed by atoms with E-state index in [2.05, 4.69) is 72.8 Å². The van der Waals surface area contributed by atoms with E-state index in [1.54, 1.807) is 0 Å². The van der Waals surface area contributed by atoms with Crippen molar-refractivity contribution in [3.8, 4) is 45.4 Å². The van der Waals surface area contributed by atoms with E-state index in [4.69, 9.17) is 28.8 Å². The van der Waals surface area contributed by atoms with Crippen LogP contribution in [-0.2, 0) is 0 Å². The predicted molar refractivity (Wildman–Crippen MR) is 209 cm³/mol. The second-order valence-corrected chi connectivity index (χ2v) is 13.0. The maximum absolute atomic E-state index is 6.59. The van der Waals surface area contributed by atoms with Crippen molar-refractivity contribution in [3.63, 3.8) is 0 Å². The summed E-state index contributed by atoms with van der Waals surface area (Å²) >= 11 is 0. The van der Waals surface area contributed by atoms with Crippen molar-refractivity contribution >= 4 is 65.4 Å². The van der Waals surface area contributed by atoms with Gasteiger partial charge in [-0.05, 0) is 52.6 Å². The largest absolute Gasteiger partial charge is 0.456 e. The van der Waals surface area contributed by atoms with E-state index in [0.717, 1.165) is 93.4 Å². The standard InChI is InChI=1S/C46H26N4O2/c1-2-12-28(13-3-1)44-48-45(34-18-10-20-38-40(34)32-17-8-9-19-37(32)51-38)50-46(49-44)36-26-30-15-5-4-14-29(30)25-35(36)42-41-33-22-21-27-11-6-7-16-31(27)43(33)52-39(41)23-24-47-42/h1-26H. The average Bonchev–Trinajstić information content (AvgIpc) is 3.80. The molecule has 0 aliphatic carbocycles. The second kappa shape index (κ2) is 11.2. The summed E-state index contributed by atoms with van der Waals surface area (Å²) in [7, 11) is 0. The van der Waals surface area contributed by atoms with Gasteiger partial charge in [-0.1, -0.05) is 115 Å². The van der Waals surface area contributed by atoms with Crippen LogP contribution in [0.1, 0.15) is 0 Å². The van der Waals surface area contributed by atoms with Gasteiger partial charge in [-0.2, -0.15) is 0 Å². The monoisotopic (exact) mass is 666 g/mol. The summed E-state index contributed by atoms with van der Waals surface area (Å²) in [5, 5.41) is 8.29. The van der Waals surface area contributed by atoms with Crippen molar-refractivity contribution in [3.05, 3.63) is 158 Å². The third kappa shape index (κ3) is 4.38. The molecule has 11 aromatic rings. The molecule has 0 N–H and O–H groups in total. The van der Waals surface area contributed by atoms with Gasteiger partial charge < -0.3 is 8.83 Å². The lowest BCUT2D eigenvalue weighted by molar-refractivity contribution is 0.669. The van der Waals surface area contributed by atoms with Gasteiger partial charge in [0.2, 0.25) is 0 Å². The van der Waals surface area contributed by atoms with Crippen LogP contribution < -0.4 is 0 Å². The van der Waals surface area contributed by atoms with E-state index >= 15 is 0 Å². The summed E-state index contributed by atoms with van der Waals surface area (Å²) < 4.78 is 12.9. The van der Waals surface area contributed by atoms with Crippen molar-refractivity contribution in [2.75, 3.05) is 0 Å². The number of hydrogen-bond donors (Lipinski definition) is 0. The van der Waals surface area contributed by atoms with Crippen molar-refractivity contribution in [1.82, 2.24) is 19.9 Å². The molecule has 6 heteroatoms. The Labute approximate surface area is 296 Å². The number of benzene rings is 7. The van der Waals surface area contributed by atoms with E-state index < -0.39 is 0 Å². The molecule has 4 heterocycles. The Kier molecular flexibility index (Phi) is 6.15. The fourth-order valence-corrected chi connectivity index (χ4v) is 7.57. The Morgan fingerprint density at radius 1 is 0.385 bits per heavy atom. The molecule has 242 valence electrons. The Morgan fingerprint density at radius 2 is 1.04 bits per heavy atom. The lowest BCUT2D eigenvalue weighted by Crippen LogP contribution is -2.02. The number of furan rings is 2. The predicted octanol–water partition coefficient (Wildman–Crippen LogP) is 12.0. The Hall–Kier alpha value is -7.18. The molecule has 6 nitrogen and oxygen atoms in total. The van der Waals surface area contributed by atoms with Gasteiger partial charge >= 0.3 is 0 Å². The molecule has 4 aromatic heterocycles. The lowest BCUT2D eigenvalue weighted by Gasteiger charge is -2.14. The summed E-state index contributed by atoms with van der Waals surface area (Å²) in [6, 6.07) is 51.5. The van der Waals surface area contributed by atoms with Gasteiger partial charge in [0.25, 0.3) is 0 Å². The zero-order valence-electron chi connectivity index (χ0n) is 27.6. The summed E-state index contributed by atoms with van der Waals surface area (Å²) in [6.45, 7) is 0. The van der Waals surface area contributed by atoms with Gasteiger partial charge in [0.05, 0.1) is 11.1 Å². The van der Waals surface area contributed by atoms with E-state index in [-0.39, 0.29) is 0 Å². The number of nitrogens with zero attached hydrogens (tertiary/aromatic N) is 4. The van der Waals surface area contributed by atoms with Crippen molar-refractivity contribution in [1.29, 1.82) is 0 Å². The zero-order chi connectivity index (χ0) is 34.2. The van der Waals surface area contributed by atoms with Crippen LogP contribution in [0.25, 0.3) is 111 Å². The second-order valence-electron chi connectivity index (χ2n) is 13.0. The van der Waals surface area contributed by atoms with Crippen LogP contribution in [0.4, 0.5) is 0 Å². The highest BCUT2D eigenvalue weighted by molar-refractivity contribution is 6.19. The van der Waals surface area contributed by atoms with Crippen molar-refractivity contribution in [2.45, 2.75) is 0 Å². The molecule has 11 rings (SSSR count). The SMILES string of the molecule is c1ccc(-c2nc(-c3cc4ccccc4cc3-c3nccc4oc5c6ccccc6ccc5c34)nc(-c3cccc4oc5ccccc5c34)n2)cc1. The van der Waals surface area contributed by atoms with Crippen molar-refractivity contribution in [2.24, 2.45) is 0 Å². The molecule has 0 bridgehead atoms.